The predicted molar refractivity (Wildman–Crippen MR) is 74.2 cm³/mol. The van der Waals surface area contributed by atoms with Gasteiger partial charge in [-0.05, 0) is 43.9 Å². The number of amides is 1. The minimum Gasteiger partial charge on any atom is -0.390 e. The number of likely N-dealkylation sites (tertiary alicyclic amines) is 1. The minimum absolute atomic E-state index is 0.141. The van der Waals surface area contributed by atoms with Crippen molar-refractivity contribution in [2.24, 2.45) is 5.92 Å². The van der Waals surface area contributed by atoms with Crippen LogP contribution in [0.3, 0.4) is 0 Å². The molecule has 3 rings (SSSR count). The van der Waals surface area contributed by atoms with Crippen LogP contribution in [0.4, 0.5) is 4.39 Å². The van der Waals surface area contributed by atoms with E-state index in [1.807, 2.05) is 0 Å². The molecular formula is C15H17ClFNO2. The Morgan fingerprint density at radius 3 is 2.85 bits per heavy atom. The lowest BCUT2D eigenvalue weighted by atomic mass is 9.90. The molecule has 1 amide bonds. The maximum absolute atomic E-state index is 13.0. The SMILES string of the molecule is O=C(c1ccc(F)cc1Cl)N1CCCC(C2(O)CC2)C1. The first-order chi connectivity index (χ1) is 9.49. The zero-order valence-electron chi connectivity index (χ0n) is 11.1. The van der Waals surface area contributed by atoms with Crippen molar-refractivity contribution in [1.82, 2.24) is 4.90 Å². The van der Waals surface area contributed by atoms with Gasteiger partial charge in [0.1, 0.15) is 5.82 Å². The van der Waals surface area contributed by atoms with Gasteiger partial charge in [-0.25, -0.2) is 4.39 Å². The van der Waals surface area contributed by atoms with Crippen LogP contribution in [0, 0.1) is 11.7 Å². The molecule has 1 atom stereocenters. The smallest absolute Gasteiger partial charge is 0.255 e. The van der Waals surface area contributed by atoms with E-state index in [2.05, 4.69) is 0 Å². The predicted octanol–water partition coefficient (Wildman–Crippen LogP) is 2.86. The normalized spacial score (nSPS) is 24.6. The molecule has 3 nitrogen and oxygen atoms in total. The van der Waals surface area contributed by atoms with Gasteiger partial charge in [0.05, 0.1) is 16.2 Å². The van der Waals surface area contributed by atoms with E-state index in [1.165, 1.54) is 12.1 Å². The molecule has 1 saturated carbocycles. The standard InChI is InChI=1S/C15H17ClFNO2/c16-13-8-11(17)3-4-12(13)14(19)18-7-1-2-10(9-18)15(20)5-6-15/h3-4,8,10,20H,1-2,5-7,9H2. The molecular weight excluding hydrogens is 281 g/mol. The number of hydrogen-bond donors (Lipinski definition) is 1. The van der Waals surface area contributed by atoms with Crippen LogP contribution in [0.25, 0.3) is 0 Å². The lowest BCUT2D eigenvalue weighted by Crippen LogP contribution is -2.44. The highest BCUT2D eigenvalue weighted by molar-refractivity contribution is 6.33. The van der Waals surface area contributed by atoms with E-state index >= 15 is 0 Å². The third-order valence-corrected chi connectivity index (χ3v) is 4.71. The van der Waals surface area contributed by atoms with Gasteiger partial charge in [0.15, 0.2) is 0 Å². The summed E-state index contributed by atoms with van der Waals surface area (Å²) in [5, 5.41) is 10.3. The lowest BCUT2D eigenvalue weighted by Gasteiger charge is -2.35. The Labute approximate surface area is 122 Å². The highest BCUT2D eigenvalue weighted by Crippen LogP contribution is 2.45. The molecule has 1 heterocycles. The van der Waals surface area contributed by atoms with Gasteiger partial charge in [-0.15, -0.1) is 0 Å². The maximum atomic E-state index is 13.0. The first-order valence-electron chi connectivity index (χ1n) is 6.96. The fourth-order valence-electron chi connectivity index (χ4n) is 2.97. The molecule has 0 radical (unpaired) electrons. The highest BCUT2D eigenvalue weighted by Gasteiger charge is 2.49. The van der Waals surface area contributed by atoms with Crippen LogP contribution in [0.5, 0.6) is 0 Å². The van der Waals surface area contributed by atoms with Crippen molar-refractivity contribution < 1.29 is 14.3 Å². The van der Waals surface area contributed by atoms with Gasteiger partial charge in [0, 0.05) is 19.0 Å². The van der Waals surface area contributed by atoms with Crippen LogP contribution in [0.1, 0.15) is 36.0 Å². The van der Waals surface area contributed by atoms with Gasteiger partial charge in [-0.2, -0.15) is 0 Å². The molecule has 20 heavy (non-hydrogen) atoms. The molecule has 1 aromatic rings. The van der Waals surface area contributed by atoms with Crippen molar-refractivity contribution in [2.75, 3.05) is 13.1 Å². The Kier molecular flexibility index (Phi) is 3.46. The van der Waals surface area contributed by atoms with Gasteiger partial charge in [-0.3, -0.25) is 4.79 Å². The Morgan fingerprint density at radius 2 is 2.20 bits per heavy atom. The summed E-state index contributed by atoms with van der Waals surface area (Å²) in [5.74, 6) is -0.473. The first kappa shape index (κ1) is 13.8. The summed E-state index contributed by atoms with van der Waals surface area (Å²) in [6.07, 6.45) is 3.50. The summed E-state index contributed by atoms with van der Waals surface area (Å²) < 4.78 is 13.0. The second-order valence-corrected chi connectivity index (χ2v) is 6.23. The largest absolute Gasteiger partial charge is 0.390 e. The van der Waals surface area contributed by atoms with Crippen molar-refractivity contribution in [3.63, 3.8) is 0 Å². The van der Waals surface area contributed by atoms with Gasteiger partial charge in [-0.1, -0.05) is 11.6 Å². The lowest BCUT2D eigenvalue weighted by molar-refractivity contribution is 0.0282. The Morgan fingerprint density at radius 1 is 1.45 bits per heavy atom. The number of benzene rings is 1. The molecule has 1 N–H and O–H groups in total. The number of piperidine rings is 1. The summed E-state index contributed by atoms with van der Waals surface area (Å²) in [4.78, 5) is 14.2. The molecule has 108 valence electrons. The number of carbonyl (C=O) groups excluding carboxylic acids is 1. The second-order valence-electron chi connectivity index (χ2n) is 5.82. The molecule has 1 aliphatic heterocycles. The topological polar surface area (TPSA) is 40.5 Å². The van der Waals surface area contributed by atoms with Crippen molar-refractivity contribution in [2.45, 2.75) is 31.3 Å². The zero-order chi connectivity index (χ0) is 14.3. The molecule has 2 aliphatic rings. The van der Waals surface area contributed by atoms with Crippen molar-refractivity contribution in [1.29, 1.82) is 0 Å². The average Bonchev–Trinajstić information content (AvgIpc) is 3.18. The number of rotatable bonds is 2. The molecule has 2 fully saturated rings. The Hall–Kier alpha value is -1.13. The first-order valence-corrected chi connectivity index (χ1v) is 7.34. The third-order valence-electron chi connectivity index (χ3n) is 4.39. The zero-order valence-corrected chi connectivity index (χ0v) is 11.9. The number of halogens is 2. The minimum atomic E-state index is -0.564. The molecule has 1 saturated heterocycles. The van der Waals surface area contributed by atoms with E-state index in [0.29, 0.717) is 18.7 Å². The fraction of sp³-hybridized carbons (Fsp3) is 0.533. The number of nitrogens with zero attached hydrogens (tertiary/aromatic N) is 1. The van der Waals surface area contributed by atoms with Crippen LogP contribution < -0.4 is 0 Å². The van der Waals surface area contributed by atoms with Gasteiger partial charge in [0.2, 0.25) is 0 Å². The fourth-order valence-corrected chi connectivity index (χ4v) is 3.22. The molecule has 1 unspecified atom stereocenters. The van der Waals surface area contributed by atoms with Crippen LogP contribution in [-0.2, 0) is 0 Å². The Bertz CT molecular complexity index is 545. The summed E-state index contributed by atoms with van der Waals surface area (Å²) in [5.41, 5.74) is -0.234. The summed E-state index contributed by atoms with van der Waals surface area (Å²) in [6.45, 7) is 1.22. The van der Waals surface area contributed by atoms with E-state index in [0.717, 1.165) is 31.7 Å². The third kappa shape index (κ3) is 2.54. The Balaban J connectivity index is 1.76. The summed E-state index contributed by atoms with van der Waals surface area (Å²) in [6, 6.07) is 3.83. The van der Waals surface area contributed by atoms with Crippen LogP contribution in [0.2, 0.25) is 5.02 Å². The van der Waals surface area contributed by atoms with E-state index in [-0.39, 0.29) is 16.8 Å². The van der Waals surface area contributed by atoms with Crippen molar-refractivity contribution in [3.8, 4) is 0 Å². The van der Waals surface area contributed by atoms with E-state index < -0.39 is 11.4 Å². The molecule has 0 aromatic heterocycles. The number of carbonyl (C=O) groups is 1. The van der Waals surface area contributed by atoms with Crippen LogP contribution in [-0.4, -0.2) is 34.6 Å². The number of hydrogen-bond acceptors (Lipinski definition) is 2. The molecule has 0 bridgehead atoms. The maximum Gasteiger partial charge on any atom is 0.255 e. The van der Waals surface area contributed by atoms with Gasteiger partial charge in [0.25, 0.3) is 5.91 Å². The monoisotopic (exact) mass is 297 g/mol. The van der Waals surface area contributed by atoms with Crippen LogP contribution in [0.15, 0.2) is 18.2 Å². The van der Waals surface area contributed by atoms with E-state index in [1.54, 1.807) is 4.90 Å². The average molecular weight is 298 g/mol. The molecule has 5 heteroatoms. The highest BCUT2D eigenvalue weighted by atomic mass is 35.5. The second kappa shape index (κ2) is 5.01. The van der Waals surface area contributed by atoms with E-state index in [9.17, 15) is 14.3 Å². The summed E-state index contributed by atoms with van der Waals surface area (Å²) >= 11 is 5.95. The molecule has 1 aromatic carbocycles. The summed E-state index contributed by atoms with van der Waals surface area (Å²) in [7, 11) is 0. The number of aliphatic hydroxyl groups is 1. The van der Waals surface area contributed by atoms with E-state index in [4.69, 9.17) is 11.6 Å². The molecule has 1 aliphatic carbocycles. The van der Waals surface area contributed by atoms with Crippen molar-refractivity contribution >= 4 is 17.5 Å². The quantitative estimate of drug-likeness (QED) is 0.912. The van der Waals surface area contributed by atoms with Crippen molar-refractivity contribution in [3.05, 3.63) is 34.6 Å². The van der Waals surface area contributed by atoms with Crippen LogP contribution >= 0.6 is 11.6 Å². The molecule has 0 spiro atoms. The van der Waals surface area contributed by atoms with Gasteiger partial charge >= 0.3 is 0 Å². The van der Waals surface area contributed by atoms with Gasteiger partial charge < -0.3 is 10.0 Å².